The van der Waals surface area contributed by atoms with Gasteiger partial charge in [-0.05, 0) is 176 Å². The van der Waals surface area contributed by atoms with Gasteiger partial charge in [0.25, 0.3) is 10.1 Å². The van der Waals surface area contributed by atoms with Crippen LogP contribution in [0.1, 0.15) is 52.0 Å². The van der Waals surface area contributed by atoms with Gasteiger partial charge in [-0.15, -0.1) is 0 Å². The van der Waals surface area contributed by atoms with Gasteiger partial charge in [0.1, 0.15) is 29.9 Å². The number of ketones is 1. The predicted octanol–water partition coefficient (Wildman–Crippen LogP) is 12.2. The smallest absolute Gasteiger partial charge is 0.408 e. The number of hydrogen-bond donors (Lipinski definition) is 3. The Bertz CT molecular complexity index is 2760. The maximum Gasteiger partial charge on any atom is 0.408 e. The Morgan fingerprint density at radius 2 is 1.17 bits per heavy atom. The summed E-state index contributed by atoms with van der Waals surface area (Å²) in [5.74, 6) is -2.31. The van der Waals surface area contributed by atoms with Crippen LogP contribution in [-0.4, -0.2) is 49.5 Å². The molecule has 22 heteroatoms. The molecule has 6 rings (SSSR count). The molecule has 5 aromatic carbocycles. The van der Waals surface area contributed by atoms with Crippen molar-refractivity contribution in [3.8, 4) is 11.5 Å². The molecule has 330 valence electrons. The van der Waals surface area contributed by atoms with E-state index in [1.807, 2.05) is 6.07 Å². The highest BCUT2D eigenvalue weighted by atomic mass is 79.9. The average molecular weight is 1400 g/mol. The van der Waals surface area contributed by atoms with Gasteiger partial charge in [-0.2, -0.15) is 8.42 Å². The van der Waals surface area contributed by atoms with Gasteiger partial charge in [-0.3, -0.25) is 4.79 Å². The van der Waals surface area contributed by atoms with Crippen molar-refractivity contribution in [2.75, 3.05) is 0 Å². The summed E-state index contributed by atoms with van der Waals surface area (Å²) in [6, 6.07) is 19.2. The van der Waals surface area contributed by atoms with E-state index in [0.29, 0.717) is 20.1 Å². The zero-order valence-electron chi connectivity index (χ0n) is 32.0. The van der Waals surface area contributed by atoms with Crippen molar-refractivity contribution in [3.63, 3.8) is 0 Å². The van der Waals surface area contributed by atoms with E-state index in [2.05, 4.69) is 138 Å². The summed E-state index contributed by atoms with van der Waals surface area (Å²) in [4.78, 5) is 54.2. The molecule has 0 aliphatic carbocycles. The monoisotopic (exact) mass is 1390 g/mol. The van der Waals surface area contributed by atoms with Gasteiger partial charge in [-0.1, -0.05) is 60.7 Å². The Hall–Kier alpha value is -2.67. The SMILES string of the molecule is C[C@H](NC(=O)OCc1ccccc1)C(=O)Oc1c(Br)cc(C2(c3cc(Br)c(O)c(Br)c3)OS(=O)(=O)c3c(Br)c(Br)c(Br)c(Br)c32)c(C(=O)[C@H](C)NC(=O)OCc2ccccc2)c1Br. The quantitative estimate of drug-likeness (QED) is 0.0270. The Labute approximate surface area is 427 Å². The molecule has 5 aromatic rings. The van der Waals surface area contributed by atoms with Crippen LogP contribution in [0.3, 0.4) is 0 Å². The molecule has 0 saturated heterocycles. The Morgan fingerprint density at radius 1 is 0.683 bits per heavy atom. The van der Waals surface area contributed by atoms with Crippen LogP contribution in [0.15, 0.2) is 120 Å². The second kappa shape index (κ2) is 20.5. The second-order valence-electron chi connectivity index (χ2n) is 13.5. The summed E-state index contributed by atoms with van der Waals surface area (Å²) >= 11 is 27.6. The maximum absolute atomic E-state index is 15.0. The van der Waals surface area contributed by atoms with Crippen molar-refractivity contribution in [2.45, 2.75) is 49.6 Å². The highest BCUT2D eigenvalue weighted by molar-refractivity contribution is 9.15. The summed E-state index contributed by atoms with van der Waals surface area (Å²) in [5, 5.41) is 15.8. The normalized spacial score (nSPS) is 16.0. The number of fused-ring (bicyclic) bond motifs is 1. The summed E-state index contributed by atoms with van der Waals surface area (Å²) < 4.78 is 52.6. The van der Waals surface area contributed by atoms with E-state index in [4.69, 9.17) is 18.4 Å². The minimum atomic E-state index is -4.74. The molecule has 0 saturated carbocycles. The fourth-order valence-electron chi connectivity index (χ4n) is 6.33. The lowest BCUT2D eigenvalue weighted by atomic mass is 9.77. The van der Waals surface area contributed by atoms with Crippen LogP contribution >= 0.6 is 127 Å². The third-order valence-corrected chi connectivity index (χ3v) is 18.3. The number of amides is 2. The Balaban J connectivity index is 1.52. The first-order valence-corrected chi connectivity index (χ1v) is 25.7. The number of phenolic OH excluding ortho intramolecular Hbond substituents is 1. The number of benzene rings is 5. The summed E-state index contributed by atoms with van der Waals surface area (Å²) in [6.45, 7) is 2.55. The van der Waals surface area contributed by atoms with Crippen molar-refractivity contribution in [3.05, 3.63) is 148 Å². The fourth-order valence-corrected chi connectivity index (χ4v) is 13.7. The molecule has 0 spiro atoms. The maximum atomic E-state index is 15.0. The van der Waals surface area contributed by atoms with Crippen molar-refractivity contribution < 1.29 is 51.1 Å². The van der Waals surface area contributed by atoms with Gasteiger partial charge in [-0.25, -0.2) is 18.6 Å². The Morgan fingerprint density at radius 3 is 1.70 bits per heavy atom. The molecule has 0 radical (unpaired) electrons. The van der Waals surface area contributed by atoms with Gasteiger partial charge in [0, 0.05) is 30.1 Å². The van der Waals surface area contributed by atoms with E-state index in [0.717, 1.165) is 0 Å². The molecule has 1 aliphatic rings. The summed E-state index contributed by atoms with van der Waals surface area (Å²) in [5.41, 5.74) is -1.28. The molecule has 13 nitrogen and oxygen atoms in total. The molecule has 1 heterocycles. The molecule has 1 unspecified atom stereocenters. The minimum absolute atomic E-state index is 0.00751. The number of hydrogen-bond acceptors (Lipinski definition) is 11. The van der Waals surface area contributed by atoms with Gasteiger partial charge < -0.3 is 30.0 Å². The average Bonchev–Trinajstić information content (AvgIpc) is 3.51. The lowest BCUT2D eigenvalue weighted by molar-refractivity contribution is -0.136. The molecule has 0 fully saturated rings. The molecule has 0 bridgehead atoms. The van der Waals surface area contributed by atoms with Crippen molar-refractivity contribution in [1.29, 1.82) is 0 Å². The van der Waals surface area contributed by atoms with Gasteiger partial charge in [0.2, 0.25) is 0 Å². The number of rotatable bonds is 12. The molecular weight excluding hydrogens is 1370 g/mol. The Kier molecular flexibility index (Phi) is 16.2. The first-order chi connectivity index (χ1) is 29.7. The number of alkyl carbamates (subject to hydrolysis) is 2. The number of halogens is 8. The number of nitrogens with one attached hydrogen (secondary N) is 2. The number of esters is 1. The number of aromatic hydroxyl groups is 1. The second-order valence-corrected chi connectivity index (χ2v) is 21.5. The molecule has 2 amide bonds. The fraction of sp³-hybridized carbons (Fsp3) is 0.171. The van der Waals surface area contributed by atoms with Crippen LogP contribution in [0.2, 0.25) is 0 Å². The van der Waals surface area contributed by atoms with Crippen molar-refractivity contribution >= 4 is 161 Å². The molecule has 1 aliphatic heterocycles. The van der Waals surface area contributed by atoms with E-state index in [1.54, 1.807) is 54.6 Å². The minimum Gasteiger partial charge on any atom is -0.506 e. The van der Waals surface area contributed by atoms with Crippen LogP contribution in [0.5, 0.6) is 11.5 Å². The topological polar surface area (TPSA) is 184 Å². The van der Waals surface area contributed by atoms with Gasteiger partial charge >= 0.3 is 18.2 Å². The summed E-state index contributed by atoms with van der Waals surface area (Å²) in [6.07, 6.45) is -1.86. The molecule has 0 aromatic heterocycles. The molecule has 3 N–H and O–H groups in total. The number of phenols is 1. The first-order valence-electron chi connectivity index (χ1n) is 17.9. The molecular formula is C41H28Br8N2O11S. The van der Waals surface area contributed by atoms with E-state index < -0.39 is 51.7 Å². The van der Waals surface area contributed by atoms with Gasteiger partial charge in [0.15, 0.2) is 17.1 Å². The highest BCUT2D eigenvalue weighted by Gasteiger charge is 2.57. The highest BCUT2D eigenvalue weighted by Crippen LogP contribution is 2.60. The first kappa shape index (κ1) is 49.8. The molecule has 3 atom stereocenters. The number of carbonyl (C=O) groups is 4. The van der Waals surface area contributed by atoms with Crippen LogP contribution in [0.4, 0.5) is 9.59 Å². The predicted molar refractivity (Wildman–Crippen MR) is 259 cm³/mol. The molecule has 63 heavy (non-hydrogen) atoms. The third kappa shape index (κ3) is 10.3. The van der Waals surface area contributed by atoms with Crippen molar-refractivity contribution in [1.82, 2.24) is 10.6 Å². The van der Waals surface area contributed by atoms with Crippen LogP contribution in [0, 0.1) is 0 Å². The van der Waals surface area contributed by atoms with E-state index >= 15 is 4.79 Å². The van der Waals surface area contributed by atoms with E-state index in [1.165, 1.54) is 32.0 Å². The lowest BCUT2D eigenvalue weighted by Crippen LogP contribution is -2.42. The zero-order valence-corrected chi connectivity index (χ0v) is 45.5. The standard InChI is InChI=1S/C41H28Br8N2O11S/c1-18(50-39(55)59-16-20-9-5-3-6-10-20)34(52)27-23(15-26(44)36(29(27)45)61-38(54)19(2)51-40(56)60-17-21-11-7-4-8-12-21)41(22-13-24(42)35(53)25(43)14-22)28-30(46)31(47)32(48)33(49)37(28)63(57,58)62-41/h3-15,18-19,53H,16-17H2,1-2H3,(H,50,55)(H,51,56)/t18-,19-,41?/m0/s1. The van der Waals surface area contributed by atoms with E-state index in [9.17, 15) is 27.9 Å². The van der Waals surface area contributed by atoms with Crippen LogP contribution < -0.4 is 15.4 Å². The van der Waals surface area contributed by atoms with Crippen LogP contribution in [-0.2, 0) is 47.4 Å². The van der Waals surface area contributed by atoms with Crippen molar-refractivity contribution in [2.24, 2.45) is 0 Å². The number of ether oxygens (including phenoxy) is 3. The van der Waals surface area contributed by atoms with E-state index in [-0.39, 0.29) is 78.7 Å². The third-order valence-electron chi connectivity index (χ3n) is 9.33. The van der Waals surface area contributed by atoms with Gasteiger partial charge in [0.05, 0.1) is 28.4 Å². The van der Waals surface area contributed by atoms with Crippen LogP contribution in [0.25, 0.3) is 0 Å². The number of Topliss-reactive ketones (excluding diaryl/α,β-unsaturated/α-hetero) is 1. The largest absolute Gasteiger partial charge is 0.506 e. The number of carbonyl (C=O) groups excluding carboxylic acids is 4. The zero-order chi connectivity index (χ0) is 46.1. The lowest BCUT2D eigenvalue weighted by Gasteiger charge is -2.34. The summed E-state index contributed by atoms with van der Waals surface area (Å²) in [7, 11) is -4.74.